The topological polar surface area (TPSA) is 71.5 Å². The van der Waals surface area contributed by atoms with E-state index in [1.165, 1.54) is 16.2 Å². The van der Waals surface area contributed by atoms with Crippen molar-refractivity contribution in [2.24, 2.45) is 0 Å². The molecule has 8 heteroatoms. The van der Waals surface area contributed by atoms with Gasteiger partial charge in [0.05, 0.1) is 18.8 Å². The summed E-state index contributed by atoms with van der Waals surface area (Å²) in [5.41, 5.74) is 1.44. The average molecular weight is 397 g/mol. The maximum atomic E-state index is 13.3. The first-order valence-corrected chi connectivity index (χ1v) is 10.3. The first-order chi connectivity index (χ1) is 13.2. The largest absolute Gasteiger partial charge is 0.493 e. The van der Waals surface area contributed by atoms with E-state index >= 15 is 0 Å². The van der Waals surface area contributed by atoms with Gasteiger partial charge in [-0.25, -0.2) is 9.78 Å². The van der Waals surface area contributed by atoms with Gasteiger partial charge in [-0.05, 0) is 17.5 Å². The van der Waals surface area contributed by atoms with Crippen LogP contribution in [0.3, 0.4) is 0 Å². The van der Waals surface area contributed by atoms with Gasteiger partial charge in [-0.1, -0.05) is 18.2 Å². The molecule has 1 saturated heterocycles. The Morgan fingerprint density at radius 3 is 2.96 bits per heavy atom. The molecule has 0 aliphatic carbocycles. The van der Waals surface area contributed by atoms with E-state index in [1.807, 2.05) is 46.5 Å². The molecule has 4 heterocycles. The molecule has 27 heavy (non-hydrogen) atoms. The lowest BCUT2D eigenvalue weighted by Crippen LogP contribution is -2.47. The number of thiophene rings is 1. The van der Waals surface area contributed by atoms with Crippen molar-refractivity contribution in [1.82, 2.24) is 15.2 Å². The standard InChI is InChI=1S/C19H15N3O3S2/c23-17-19(6-7-25-15-4-2-1-3-14(15)19)21-18(24)22(17)9-13-11-27-16(20-13)12-5-8-26-10-12/h1-5,8,10-11H,6-7,9H2,(H,21,24)/t19-/m0/s1. The Balaban J connectivity index is 1.44. The van der Waals surface area contributed by atoms with Crippen LogP contribution in [0.4, 0.5) is 4.79 Å². The van der Waals surface area contributed by atoms with Gasteiger partial charge in [-0.2, -0.15) is 11.3 Å². The minimum absolute atomic E-state index is 0.163. The molecule has 0 radical (unpaired) electrons. The molecule has 2 aliphatic heterocycles. The maximum Gasteiger partial charge on any atom is 0.325 e. The number of thiazole rings is 1. The first-order valence-electron chi connectivity index (χ1n) is 8.51. The quantitative estimate of drug-likeness (QED) is 0.686. The summed E-state index contributed by atoms with van der Waals surface area (Å²) in [6.45, 7) is 0.548. The highest BCUT2D eigenvalue weighted by Crippen LogP contribution is 2.41. The molecule has 1 fully saturated rings. The summed E-state index contributed by atoms with van der Waals surface area (Å²) in [6, 6.07) is 9.00. The van der Waals surface area contributed by atoms with Crippen LogP contribution in [0.5, 0.6) is 5.75 Å². The van der Waals surface area contributed by atoms with Gasteiger partial charge in [-0.15, -0.1) is 11.3 Å². The van der Waals surface area contributed by atoms with Gasteiger partial charge in [-0.3, -0.25) is 9.69 Å². The van der Waals surface area contributed by atoms with Crippen LogP contribution in [-0.4, -0.2) is 28.4 Å². The van der Waals surface area contributed by atoms with E-state index in [0.717, 1.165) is 10.6 Å². The second-order valence-electron chi connectivity index (χ2n) is 6.48. The Labute approximate surface area is 163 Å². The zero-order valence-corrected chi connectivity index (χ0v) is 15.8. The minimum Gasteiger partial charge on any atom is -0.493 e. The number of carbonyl (C=O) groups is 2. The molecule has 1 N–H and O–H groups in total. The summed E-state index contributed by atoms with van der Waals surface area (Å²) in [5, 5.41) is 9.74. The molecule has 1 atom stereocenters. The first kappa shape index (κ1) is 16.5. The van der Waals surface area contributed by atoms with Crippen LogP contribution in [0.15, 0.2) is 46.5 Å². The van der Waals surface area contributed by atoms with Crippen LogP contribution in [0, 0.1) is 0 Å². The van der Waals surface area contributed by atoms with Crippen molar-refractivity contribution < 1.29 is 14.3 Å². The molecule has 0 bridgehead atoms. The van der Waals surface area contributed by atoms with E-state index < -0.39 is 5.54 Å². The molecule has 1 aromatic carbocycles. The molecular weight excluding hydrogens is 382 g/mol. The van der Waals surface area contributed by atoms with Crippen LogP contribution in [0.25, 0.3) is 10.6 Å². The summed E-state index contributed by atoms with van der Waals surface area (Å²) in [5.74, 6) is 0.404. The molecule has 5 rings (SSSR count). The number of aromatic nitrogens is 1. The summed E-state index contributed by atoms with van der Waals surface area (Å²) in [6.07, 6.45) is 0.419. The molecule has 2 aliphatic rings. The highest BCUT2D eigenvalue weighted by molar-refractivity contribution is 7.14. The fourth-order valence-corrected chi connectivity index (χ4v) is 5.10. The van der Waals surface area contributed by atoms with E-state index in [-0.39, 0.29) is 18.5 Å². The third-order valence-electron chi connectivity index (χ3n) is 4.90. The van der Waals surface area contributed by atoms with Crippen molar-refractivity contribution in [3.8, 4) is 16.3 Å². The van der Waals surface area contributed by atoms with Gasteiger partial charge >= 0.3 is 6.03 Å². The number of imide groups is 1. The zero-order valence-electron chi connectivity index (χ0n) is 14.2. The summed E-state index contributed by atoms with van der Waals surface area (Å²) in [4.78, 5) is 31.7. The summed E-state index contributed by atoms with van der Waals surface area (Å²) < 4.78 is 5.66. The highest BCUT2D eigenvalue weighted by atomic mass is 32.1. The fraction of sp³-hybridized carbons (Fsp3) is 0.211. The highest BCUT2D eigenvalue weighted by Gasteiger charge is 2.54. The SMILES string of the molecule is O=C1N[C@]2(CCOc3ccccc32)C(=O)N1Cc1csc(-c2ccsc2)n1. The molecule has 0 unspecified atom stereocenters. The number of hydrogen-bond donors (Lipinski definition) is 1. The van der Waals surface area contributed by atoms with Gasteiger partial charge in [0.15, 0.2) is 5.54 Å². The lowest BCUT2D eigenvalue weighted by molar-refractivity contribution is -0.133. The number of rotatable bonds is 3. The van der Waals surface area contributed by atoms with Crippen molar-refractivity contribution in [3.63, 3.8) is 0 Å². The van der Waals surface area contributed by atoms with Gasteiger partial charge in [0.25, 0.3) is 5.91 Å². The molecular formula is C19H15N3O3S2. The van der Waals surface area contributed by atoms with E-state index in [1.54, 1.807) is 11.3 Å². The van der Waals surface area contributed by atoms with Gasteiger partial charge in [0, 0.05) is 28.3 Å². The number of nitrogens with zero attached hydrogens (tertiary/aromatic N) is 2. The molecule has 0 saturated carbocycles. The van der Waals surface area contributed by atoms with E-state index in [0.29, 0.717) is 30.0 Å². The summed E-state index contributed by atoms with van der Waals surface area (Å²) >= 11 is 3.13. The van der Waals surface area contributed by atoms with Crippen LogP contribution in [-0.2, 0) is 16.9 Å². The monoisotopic (exact) mass is 397 g/mol. The van der Waals surface area contributed by atoms with Crippen molar-refractivity contribution in [3.05, 3.63) is 57.7 Å². The van der Waals surface area contributed by atoms with Gasteiger partial charge in [0.2, 0.25) is 0 Å². The lowest BCUT2D eigenvalue weighted by atomic mass is 9.84. The molecule has 1 spiro atoms. The number of urea groups is 1. The number of benzene rings is 1. The molecule has 3 aromatic rings. The van der Waals surface area contributed by atoms with Gasteiger partial charge in [0.1, 0.15) is 10.8 Å². The van der Waals surface area contributed by atoms with Crippen molar-refractivity contribution >= 4 is 34.6 Å². The van der Waals surface area contributed by atoms with Crippen LogP contribution in [0.1, 0.15) is 17.7 Å². The number of fused-ring (bicyclic) bond motifs is 2. The van der Waals surface area contributed by atoms with E-state index in [9.17, 15) is 9.59 Å². The van der Waals surface area contributed by atoms with Crippen LogP contribution >= 0.6 is 22.7 Å². The number of ether oxygens (including phenoxy) is 1. The predicted molar refractivity (Wildman–Crippen MR) is 103 cm³/mol. The number of carbonyl (C=O) groups excluding carboxylic acids is 2. The van der Waals surface area contributed by atoms with Crippen LogP contribution < -0.4 is 10.1 Å². The van der Waals surface area contributed by atoms with Crippen molar-refractivity contribution in [1.29, 1.82) is 0 Å². The molecule has 3 amide bonds. The Hall–Kier alpha value is -2.71. The van der Waals surface area contributed by atoms with Crippen molar-refractivity contribution in [2.45, 2.75) is 18.5 Å². The smallest absolute Gasteiger partial charge is 0.325 e. The Bertz CT molecular complexity index is 1030. The zero-order chi connectivity index (χ0) is 18.4. The number of para-hydroxylation sites is 1. The maximum absolute atomic E-state index is 13.3. The third kappa shape index (κ3) is 2.55. The normalized spacial score (nSPS) is 21.3. The Morgan fingerprint density at radius 2 is 2.11 bits per heavy atom. The van der Waals surface area contributed by atoms with Crippen molar-refractivity contribution in [2.75, 3.05) is 6.61 Å². The average Bonchev–Trinajstić information content (AvgIpc) is 3.40. The van der Waals surface area contributed by atoms with Gasteiger partial charge < -0.3 is 10.1 Å². The second-order valence-corrected chi connectivity index (χ2v) is 8.12. The number of amides is 3. The second kappa shape index (κ2) is 6.17. The van der Waals surface area contributed by atoms with Crippen LogP contribution in [0.2, 0.25) is 0 Å². The van der Waals surface area contributed by atoms with E-state index in [2.05, 4.69) is 10.3 Å². The van der Waals surface area contributed by atoms with E-state index in [4.69, 9.17) is 4.74 Å². The summed E-state index contributed by atoms with van der Waals surface area (Å²) in [7, 11) is 0. The lowest BCUT2D eigenvalue weighted by Gasteiger charge is -2.33. The Kier molecular flexibility index (Phi) is 3.76. The molecule has 136 valence electrons. The third-order valence-corrected chi connectivity index (χ3v) is 6.52. The number of hydrogen-bond acceptors (Lipinski definition) is 6. The minimum atomic E-state index is -1.04. The fourth-order valence-electron chi connectivity index (χ4n) is 3.58. The molecule has 6 nitrogen and oxygen atoms in total. The molecule has 2 aromatic heterocycles. The Morgan fingerprint density at radius 1 is 1.22 bits per heavy atom. The number of nitrogens with one attached hydrogen (secondary N) is 1. The predicted octanol–water partition coefficient (Wildman–Crippen LogP) is 3.60.